The van der Waals surface area contributed by atoms with Crippen molar-refractivity contribution < 1.29 is 17.9 Å². The number of likely N-dealkylation sites (N-methyl/N-ethyl adjacent to an activating group) is 1. The summed E-state index contributed by atoms with van der Waals surface area (Å²) in [6.07, 6.45) is 0.451. The van der Waals surface area contributed by atoms with Crippen LogP contribution in [0.4, 0.5) is 5.95 Å². The van der Waals surface area contributed by atoms with Crippen molar-refractivity contribution in [2.45, 2.75) is 17.9 Å². The smallest absolute Gasteiger partial charge is 0.243 e. The summed E-state index contributed by atoms with van der Waals surface area (Å²) in [6, 6.07) is 13.6. The number of anilines is 1. The quantitative estimate of drug-likeness (QED) is 0.480. The minimum atomic E-state index is -3.76. The van der Waals surface area contributed by atoms with Crippen LogP contribution in [0.3, 0.4) is 0 Å². The number of hydrogen-bond acceptors (Lipinski definition) is 8. The molecule has 0 aliphatic carbocycles. The molecule has 0 bridgehead atoms. The second-order valence-electron chi connectivity index (χ2n) is 8.87. The fourth-order valence-corrected chi connectivity index (χ4v) is 6.05. The van der Waals surface area contributed by atoms with Gasteiger partial charge < -0.3 is 19.3 Å². The summed E-state index contributed by atoms with van der Waals surface area (Å²) in [5.41, 5.74) is 1.46. The summed E-state index contributed by atoms with van der Waals surface area (Å²) in [4.78, 5) is 14.2. The second kappa shape index (κ2) is 10.2. The Balaban J connectivity index is 1.51. The predicted octanol–water partition coefficient (Wildman–Crippen LogP) is 3.43. The van der Waals surface area contributed by atoms with Gasteiger partial charge in [-0.3, -0.25) is 0 Å². The largest absolute Gasteiger partial charge is 0.497 e. The first kappa shape index (κ1) is 24.8. The number of nitrogens with zero attached hydrogens (tertiary/aromatic N) is 5. The molecule has 3 heterocycles. The van der Waals surface area contributed by atoms with Crippen molar-refractivity contribution in [2.24, 2.45) is 0 Å². The van der Waals surface area contributed by atoms with Crippen LogP contribution in [0.15, 0.2) is 53.4 Å². The van der Waals surface area contributed by atoms with Gasteiger partial charge >= 0.3 is 0 Å². The number of piperazine rings is 1. The molecule has 11 heteroatoms. The van der Waals surface area contributed by atoms with Crippen LogP contribution in [0, 0.1) is 0 Å². The lowest BCUT2D eigenvalue weighted by atomic mass is 10.1. The number of fused-ring (bicyclic) bond motifs is 1. The van der Waals surface area contributed by atoms with Crippen molar-refractivity contribution in [2.75, 3.05) is 51.8 Å². The lowest BCUT2D eigenvalue weighted by molar-refractivity contribution is 0.310. The number of ether oxygens (including phenoxy) is 2. The van der Waals surface area contributed by atoms with Crippen LogP contribution in [0.2, 0.25) is 5.02 Å². The summed E-state index contributed by atoms with van der Waals surface area (Å²) in [5, 5.41) is 0.371. The molecule has 0 amide bonds. The number of hydrogen-bond donors (Lipinski definition) is 0. The van der Waals surface area contributed by atoms with Crippen molar-refractivity contribution in [3.8, 4) is 17.4 Å². The molecule has 5 rings (SSSR count). The van der Waals surface area contributed by atoms with E-state index in [1.165, 1.54) is 10.4 Å². The van der Waals surface area contributed by atoms with Crippen LogP contribution in [0.1, 0.15) is 11.3 Å². The molecule has 0 unspecified atom stereocenters. The highest BCUT2D eigenvalue weighted by molar-refractivity contribution is 7.89. The molecule has 0 saturated carbocycles. The van der Waals surface area contributed by atoms with Gasteiger partial charge in [-0.2, -0.15) is 9.29 Å². The predicted molar refractivity (Wildman–Crippen MR) is 138 cm³/mol. The van der Waals surface area contributed by atoms with E-state index in [0.717, 1.165) is 31.9 Å². The van der Waals surface area contributed by atoms with Gasteiger partial charge in [0.2, 0.25) is 21.9 Å². The molecule has 1 aromatic heterocycles. The van der Waals surface area contributed by atoms with Gasteiger partial charge in [0.1, 0.15) is 11.5 Å². The van der Waals surface area contributed by atoms with E-state index in [9.17, 15) is 8.42 Å². The van der Waals surface area contributed by atoms with Crippen molar-refractivity contribution >= 4 is 27.6 Å². The molecule has 0 spiro atoms. The monoisotopic (exact) mass is 529 g/mol. The van der Waals surface area contributed by atoms with Gasteiger partial charge in [0.05, 0.1) is 23.3 Å². The van der Waals surface area contributed by atoms with Gasteiger partial charge in [0, 0.05) is 56.8 Å². The first-order valence-electron chi connectivity index (χ1n) is 11.7. The first-order valence-corrected chi connectivity index (χ1v) is 13.6. The number of aromatic nitrogens is 2. The maximum Gasteiger partial charge on any atom is 0.243 e. The number of methoxy groups -OCH3 is 1. The molecule has 2 aliphatic rings. The zero-order chi connectivity index (χ0) is 25.3. The fraction of sp³-hybridized carbons (Fsp3) is 0.360. The van der Waals surface area contributed by atoms with Crippen LogP contribution in [0.5, 0.6) is 17.4 Å². The van der Waals surface area contributed by atoms with E-state index < -0.39 is 10.0 Å². The van der Waals surface area contributed by atoms with E-state index in [1.54, 1.807) is 31.4 Å². The average Bonchev–Trinajstić information content (AvgIpc) is 2.89. The van der Waals surface area contributed by atoms with Crippen molar-refractivity contribution in [1.29, 1.82) is 0 Å². The third kappa shape index (κ3) is 5.12. The zero-order valence-corrected chi connectivity index (χ0v) is 21.8. The lowest BCUT2D eigenvalue weighted by Gasteiger charge is -2.34. The van der Waals surface area contributed by atoms with Crippen LogP contribution in [-0.2, 0) is 23.0 Å². The molecule has 190 valence electrons. The van der Waals surface area contributed by atoms with E-state index in [0.29, 0.717) is 46.9 Å². The Hall–Kier alpha value is -2.92. The van der Waals surface area contributed by atoms with Crippen LogP contribution in [-0.4, -0.2) is 74.5 Å². The molecule has 2 aliphatic heterocycles. The lowest BCUT2D eigenvalue weighted by Crippen LogP contribution is -2.45. The number of halogens is 1. The van der Waals surface area contributed by atoms with E-state index >= 15 is 0 Å². The summed E-state index contributed by atoms with van der Waals surface area (Å²) >= 11 is 6.07. The molecule has 1 fully saturated rings. The van der Waals surface area contributed by atoms with E-state index in [4.69, 9.17) is 31.0 Å². The average molecular weight is 530 g/mol. The first-order chi connectivity index (χ1) is 17.3. The molecule has 1 saturated heterocycles. The SMILES string of the molecule is COc1cccc(Oc2nc(N3CCN(C)CC3)nc3c2CN(S(=O)(=O)c2cccc(Cl)c2)CC3)c1. The minimum absolute atomic E-state index is 0.104. The number of benzene rings is 2. The molecular weight excluding hydrogens is 502 g/mol. The zero-order valence-electron chi connectivity index (χ0n) is 20.2. The Morgan fingerprint density at radius 1 is 0.944 bits per heavy atom. The minimum Gasteiger partial charge on any atom is -0.497 e. The van der Waals surface area contributed by atoms with Crippen molar-refractivity contribution in [3.63, 3.8) is 0 Å². The summed E-state index contributed by atoms with van der Waals surface area (Å²) < 4.78 is 39.8. The third-order valence-electron chi connectivity index (χ3n) is 6.45. The maximum absolute atomic E-state index is 13.4. The highest BCUT2D eigenvalue weighted by Crippen LogP contribution is 2.34. The third-order valence-corrected chi connectivity index (χ3v) is 8.53. The Labute approximate surface area is 216 Å². The molecule has 9 nitrogen and oxygen atoms in total. The van der Waals surface area contributed by atoms with Crippen LogP contribution < -0.4 is 14.4 Å². The topological polar surface area (TPSA) is 88.1 Å². The number of sulfonamides is 1. The molecule has 3 aromatic rings. The van der Waals surface area contributed by atoms with Crippen molar-refractivity contribution in [3.05, 3.63) is 64.8 Å². The Kier molecular flexibility index (Phi) is 7.03. The van der Waals surface area contributed by atoms with Gasteiger partial charge in [-0.25, -0.2) is 13.4 Å². The van der Waals surface area contributed by atoms with Gasteiger partial charge in [0.15, 0.2) is 0 Å². The summed E-state index contributed by atoms with van der Waals surface area (Å²) in [6.45, 7) is 3.86. The fourth-order valence-electron chi connectivity index (χ4n) is 4.34. The van der Waals surface area contributed by atoms with Gasteiger partial charge in [-0.15, -0.1) is 0 Å². The number of rotatable bonds is 6. The summed E-state index contributed by atoms with van der Waals surface area (Å²) in [5.74, 6) is 2.16. The van der Waals surface area contributed by atoms with Gasteiger partial charge in [-0.05, 0) is 37.4 Å². The highest BCUT2D eigenvalue weighted by Gasteiger charge is 2.33. The Morgan fingerprint density at radius 2 is 1.69 bits per heavy atom. The molecule has 2 aromatic carbocycles. The normalized spacial score (nSPS) is 17.0. The summed E-state index contributed by atoms with van der Waals surface area (Å²) in [7, 11) is -0.0749. The molecule has 0 radical (unpaired) electrons. The van der Waals surface area contributed by atoms with Gasteiger partial charge in [-0.1, -0.05) is 23.7 Å². The Bertz CT molecular complexity index is 1360. The second-order valence-corrected chi connectivity index (χ2v) is 11.2. The van der Waals surface area contributed by atoms with Crippen molar-refractivity contribution in [1.82, 2.24) is 19.2 Å². The molecule has 0 N–H and O–H groups in total. The van der Waals surface area contributed by atoms with Crippen LogP contribution in [0.25, 0.3) is 0 Å². The highest BCUT2D eigenvalue weighted by atomic mass is 35.5. The molecule has 36 heavy (non-hydrogen) atoms. The van der Waals surface area contributed by atoms with E-state index in [1.807, 2.05) is 18.2 Å². The molecule has 0 atom stereocenters. The Morgan fingerprint density at radius 3 is 2.44 bits per heavy atom. The van der Waals surface area contributed by atoms with Crippen LogP contribution >= 0.6 is 11.6 Å². The maximum atomic E-state index is 13.4. The van der Waals surface area contributed by atoms with Gasteiger partial charge in [0.25, 0.3) is 0 Å². The molecular formula is C25H28ClN5O4S. The van der Waals surface area contributed by atoms with E-state index in [2.05, 4.69) is 16.8 Å². The standard InChI is InChI=1S/C25H28ClN5O4S/c1-29-11-13-30(14-12-29)25-27-23-9-10-31(36(32,33)21-8-3-5-18(26)15-21)17-22(23)24(28-25)35-20-7-4-6-19(16-20)34-2/h3-8,15-16H,9-14,17H2,1-2H3. The van der Waals surface area contributed by atoms with E-state index in [-0.39, 0.29) is 11.4 Å².